The smallest absolute Gasteiger partial charge is 0.143 e. The molecular weight excluding hydrogens is 361 g/mol. The van der Waals surface area contributed by atoms with E-state index in [-0.39, 0.29) is 0 Å². The van der Waals surface area contributed by atoms with Crippen molar-refractivity contribution in [3.63, 3.8) is 0 Å². The second-order valence-corrected chi connectivity index (χ2v) is 7.67. The summed E-state index contributed by atoms with van der Waals surface area (Å²) in [4.78, 5) is 9.83. The van der Waals surface area contributed by atoms with Gasteiger partial charge in [-0.15, -0.1) is 0 Å². The Bertz CT molecular complexity index is 501. The number of anilines is 1. The zero-order chi connectivity index (χ0) is 14.3. The average Bonchev–Trinajstić information content (AvgIpc) is 3.03. The number of nitrogens with one attached hydrogen (secondary N) is 1. The van der Waals surface area contributed by atoms with Crippen LogP contribution in [0.25, 0.3) is 0 Å². The predicted molar refractivity (Wildman–Crippen MR) is 91.2 cm³/mol. The van der Waals surface area contributed by atoms with Crippen LogP contribution in [0.1, 0.15) is 69.8 Å². The number of fused-ring (bicyclic) bond motifs is 2. The molecule has 3 rings (SSSR count). The number of hydrogen-bond acceptors (Lipinski definition) is 3. The lowest BCUT2D eigenvalue weighted by atomic mass is 9.88. The molecule has 2 fully saturated rings. The van der Waals surface area contributed by atoms with Gasteiger partial charge in [-0.05, 0) is 66.5 Å². The second kappa shape index (κ2) is 5.78. The van der Waals surface area contributed by atoms with Gasteiger partial charge in [0.15, 0.2) is 0 Å². The van der Waals surface area contributed by atoms with Crippen LogP contribution in [-0.4, -0.2) is 16.5 Å². The highest BCUT2D eigenvalue weighted by Gasteiger charge is 2.42. The number of aromatic nitrogens is 2. The zero-order valence-corrected chi connectivity index (χ0v) is 14.8. The van der Waals surface area contributed by atoms with Crippen molar-refractivity contribution in [3.05, 3.63) is 15.1 Å². The molecule has 0 aliphatic heterocycles. The standard InChI is InChI=1S/C16H24IN3/c1-4-18-16-13(17)14(9(2)3)19-15(20-16)12-8-10-5-6-11(12)7-10/h9-12H,4-8H2,1-3H3,(H,18,19,20). The van der Waals surface area contributed by atoms with E-state index < -0.39 is 0 Å². The predicted octanol–water partition coefficient (Wildman–Crippen LogP) is 4.54. The van der Waals surface area contributed by atoms with E-state index in [1.54, 1.807) is 0 Å². The van der Waals surface area contributed by atoms with E-state index in [4.69, 9.17) is 9.97 Å². The fourth-order valence-corrected chi connectivity index (χ4v) is 4.93. The van der Waals surface area contributed by atoms with Crippen LogP contribution in [0.3, 0.4) is 0 Å². The number of halogens is 1. The van der Waals surface area contributed by atoms with Crippen molar-refractivity contribution in [3.8, 4) is 0 Å². The van der Waals surface area contributed by atoms with E-state index >= 15 is 0 Å². The molecule has 3 nitrogen and oxygen atoms in total. The summed E-state index contributed by atoms with van der Waals surface area (Å²) in [5.41, 5.74) is 1.22. The van der Waals surface area contributed by atoms with E-state index in [0.29, 0.717) is 11.8 Å². The molecule has 1 aromatic rings. The van der Waals surface area contributed by atoms with Crippen molar-refractivity contribution < 1.29 is 0 Å². The summed E-state index contributed by atoms with van der Waals surface area (Å²) < 4.78 is 1.20. The molecule has 0 saturated heterocycles. The molecule has 20 heavy (non-hydrogen) atoms. The van der Waals surface area contributed by atoms with Gasteiger partial charge in [0.1, 0.15) is 11.6 Å². The summed E-state index contributed by atoms with van der Waals surface area (Å²) in [6.45, 7) is 7.50. The third kappa shape index (κ3) is 2.55. The van der Waals surface area contributed by atoms with Crippen LogP contribution in [0.2, 0.25) is 0 Å². The van der Waals surface area contributed by atoms with Crippen molar-refractivity contribution in [1.29, 1.82) is 0 Å². The van der Waals surface area contributed by atoms with Crippen LogP contribution in [0.4, 0.5) is 5.82 Å². The Hall–Kier alpha value is -0.390. The Kier molecular flexibility index (Phi) is 4.20. The molecule has 1 heterocycles. The lowest BCUT2D eigenvalue weighted by Crippen LogP contribution is -2.17. The lowest BCUT2D eigenvalue weighted by Gasteiger charge is -2.23. The maximum absolute atomic E-state index is 4.96. The summed E-state index contributed by atoms with van der Waals surface area (Å²) in [7, 11) is 0. The summed E-state index contributed by atoms with van der Waals surface area (Å²) in [5, 5.41) is 3.42. The quantitative estimate of drug-likeness (QED) is 0.774. The van der Waals surface area contributed by atoms with Crippen LogP contribution >= 0.6 is 22.6 Å². The van der Waals surface area contributed by atoms with Crippen LogP contribution in [0.15, 0.2) is 0 Å². The maximum Gasteiger partial charge on any atom is 0.143 e. The summed E-state index contributed by atoms with van der Waals surface area (Å²) >= 11 is 2.40. The highest BCUT2D eigenvalue weighted by molar-refractivity contribution is 14.1. The molecule has 2 bridgehead atoms. The van der Waals surface area contributed by atoms with Gasteiger partial charge in [0.05, 0.1) is 9.26 Å². The molecule has 2 aliphatic rings. The Morgan fingerprint density at radius 2 is 2.05 bits per heavy atom. The van der Waals surface area contributed by atoms with Gasteiger partial charge in [-0.3, -0.25) is 0 Å². The Balaban J connectivity index is 1.98. The fraction of sp³-hybridized carbons (Fsp3) is 0.750. The molecule has 0 amide bonds. The van der Waals surface area contributed by atoms with E-state index in [0.717, 1.165) is 30.0 Å². The number of hydrogen-bond donors (Lipinski definition) is 1. The van der Waals surface area contributed by atoms with Crippen LogP contribution < -0.4 is 5.32 Å². The third-order valence-electron chi connectivity index (χ3n) is 4.85. The summed E-state index contributed by atoms with van der Waals surface area (Å²) in [6.07, 6.45) is 5.54. The monoisotopic (exact) mass is 385 g/mol. The van der Waals surface area contributed by atoms with Gasteiger partial charge in [0.25, 0.3) is 0 Å². The maximum atomic E-state index is 4.96. The first-order chi connectivity index (χ1) is 9.60. The molecule has 2 saturated carbocycles. The van der Waals surface area contributed by atoms with Crippen molar-refractivity contribution >= 4 is 28.4 Å². The average molecular weight is 385 g/mol. The molecule has 110 valence electrons. The minimum Gasteiger partial charge on any atom is -0.369 e. The van der Waals surface area contributed by atoms with Gasteiger partial charge in [0, 0.05) is 12.5 Å². The third-order valence-corrected chi connectivity index (χ3v) is 5.92. The summed E-state index contributed by atoms with van der Waals surface area (Å²) in [5.74, 6) is 5.01. The highest BCUT2D eigenvalue weighted by atomic mass is 127. The van der Waals surface area contributed by atoms with Crippen LogP contribution in [-0.2, 0) is 0 Å². The van der Waals surface area contributed by atoms with Gasteiger partial charge in [0.2, 0.25) is 0 Å². The van der Waals surface area contributed by atoms with E-state index in [2.05, 4.69) is 48.7 Å². The van der Waals surface area contributed by atoms with E-state index in [1.165, 1.54) is 34.9 Å². The highest BCUT2D eigenvalue weighted by Crippen LogP contribution is 2.52. The topological polar surface area (TPSA) is 37.8 Å². The van der Waals surface area contributed by atoms with Crippen molar-refractivity contribution in [1.82, 2.24) is 9.97 Å². The van der Waals surface area contributed by atoms with E-state index in [9.17, 15) is 0 Å². The Labute approximate surface area is 135 Å². The molecule has 0 radical (unpaired) electrons. The molecule has 3 unspecified atom stereocenters. The van der Waals surface area contributed by atoms with Crippen molar-refractivity contribution in [2.24, 2.45) is 11.8 Å². The molecule has 1 N–H and O–H groups in total. The van der Waals surface area contributed by atoms with Gasteiger partial charge in [-0.2, -0.15) is 0 Å². The van der Waals surface area contributed by atoms with Gasteiger partial charge < -0.3 is 5.32 Å². The molecule has 2 aliphatic carbocycles. The van der Waals surface area contributed by atoms with Gasteiger partial charge in [-0.25, -0.2) is 9.97 Å². The molecular formula is C16H24IN3. The molecule has 0 aromatic carbocycles. The van der Waals surface area contributed by atoms with Gasteiger partial charge in [-0.1, -0.05) is 20.3 Å². The minimum absolute atomic E-state index is 0.458. The Morgan fingerprint density at radius 1 is 1.25 bits per heavy atom. The van der Waals surface area contributed by atoms with E-state index in [1.807, 2.05) is 0 Å². The Morgan fingerprint density at radius 3 is 2.60 bits per heavy atom. The van der Waals surface area contributed by atoms with Crippen molar-refractivity contribution in [2.45, 2.75) is 58.3 Å². The minimum atomic E-state index is 0.458. The van der Waals surface area contributed by atoms with Crippen LogP contribution in [0.5, 0.6) is 0 Å². The van der Waals surface area contributed by atoms with Crippen LogP contribution in [0, 0.1) is 15.4 Å². The fourth-order valence-electron chi connectivity index (χ4n) is 3.88. The number of nitrogens with zero attached hydrogens (tertiary/aromatic N) is 2. The largest absolute Gasteiger partial charge is 0.369 e. The first kappa shape index (κ1) is 14.5. The second-order valence-electron chi connectivity index (χ2n) is 6.60. The molecule has 0 spiro atoms. The first-order valence-corrected chi connectivity index (χ1v) is 8.99. The summed E-state index contributed by atoms with van der Waals surface area (Å²) in [6, 6.07) is 0. The molecule has 3 atom stereocenters. The SMILES string of the molecule is CCNc1nc(C2CC3CCC2C3)nc(C(C)C)c1I. The first-order valence-electron chi connectivity index (χ1n) is 7.91. The van der Waals surface area contributed by atoms with Crippen molar-refractivity contribution in [2.75, 3.05) is 11.9 Å². The zero-order valence-electron chi connectivity index (χ0n) is 12.6. The molecule has 1 aromatic heterocycles. The lowest BCUT2D eigenvalue weighted by molar-refractivity contribution is 0.404. The normalized spacial score (nSPS) is 28.4. The molecule has 4 heteroatoms. The number of rotatable bonds is 4. The van der Waals surface area contributed by atoms with Gasteiger partial charge >= 0.3 is 0 Å².